The number of rotatable bonds is 2. The summed E-state index contributed by atoms with van der Waals surface area (Å²) in [5.74, 6) is 0.139. The Morgan fingerprint density at radius 1 is 1.17 bits per heavy atom. The van der Waals surface area contributed by atoms with Gasteiger partial charge in [0.1, 0.15) is 5.82 Å². The van der Waals surface area contributed by atoms with Crippen molar-refractivity contribution in [2.75, 3.05) is 11.5 Å². The Hall–Kier alpha value is -1.37. The smallest absolute Gasteiger partial charge is 0.253 e. The Morgan fingerprint density at radius 3 is 2.50 bits per heavy atom. The van der Waals surface area contributed by atoms with Gasteiger partial charge in [-0.3, -0.25) is 4.79 Å². The highest BCUT2D eigenvalue weighted by Crippen LogP contribution is 2.35. The number of nitrogens with one attached hydrogen (secondary N) is 1. The molecule has 0 aliphatic carbocycles. The molecule has 0 fully saturated rings. The van der Waals surface area contributed by atoms with Gasteiger partial charge < -0.3 is 16.5 Å². The molecular formula is C10H8Cl2N4OS. The molecule has 2 rings (SSSR count). The van der Waals surface area contributed by atoms with E-state index in [0.717, 1.165) is 11.8 Å². The van der Waals surface area contributed by atoms with Crippen molar-refractivity contribution in [2.24, 2.45) is 0 Å². The molecule has 0 aliphatic rings. The number of hydrogen-bond acceptors (Lipinski definition) is 5. The van der Waals surface area contributed by atoms with Crippen molar-refractivity contribution >= 4 is 46.5 Å². The molecule has 0 radical (unpaired) electrons. The van der Waals surface area contributed by atoms with Gasteiger partial charge in [0, 0.05) is 16.6 Å². The quantitative estimate of drug-likeness (QED) is 0.584. The molecule has 0 unspecified atom stereocenters. The van der Waals surface area contributed by atoms with Gasteiger partial charge in [0.15, 0.2) is 5.16 Å². The normalized spacial score (nSPS) is 10.6. The van der Waals surface area contributed by atoms with Gasteiger partial charge in [-0.1, -0.05) is 23.2 Å². The van der Waals surface area contributed by atoms with Crippen LogP contribution in [0, 0.1) is 0 Å². The second-order valence-corrected chi connectivity index (χ2v) is 5.23. The first-order chi connectivity index (χ1) is 8.45. The van der Waals surface area contributed by atoms with Gasteiger partial charge in [-0.05, 0) is 23.9 Å². The monoisotopic (exact) mass is 302 g/mol. The maximum atomic E-state index is 11.2. The Labute approximate surface area is 116 Å². The fraction of sp³-hybridized carbons (Fsp3) is 0. The highest BCUT2D eigenvalue weighted by Gasteiger charge is 2.08. The third kappa shape index (κ3) is 2.90. The lowest BCUT2D eigenvalue weighted by atomic mass is 10.3. The summed E-state index contributed by atoms with van der Waals surface area (Å²) >= 11 is 12.9. The van der Waals surface area contributed by atoms with Crippen LogP contribution >= 0.6 is 35.0 Å². The summed E-state index contributed by atoms with van der Waals surface area (Å²) < 4.78 is 0. The van der Waals surface area contributed by atoms with Crippen LogP contribution in [0.4, 0.5) is 11.5 Å². The fourth-order valence-electron chi connectivity index (χ4n) is 1.24. The minimum absolute atomic E-state index is 0.139. The third-order valence-corrected chi connectivity index (χ3v) is 3.68. The highest BCUT2D eigenvalue weighted by atomic mass is 35.5. The van der Waals surface area contributed by atoms with E-state index in [9.17, 15) is 4.79 Å². The van der Waals surface area contributed by atoms with E-state index < -0.39 is 0 Å². The second-order valence-electron chi connectivity index (χ2n) is 3.38. The maximum absolute atomic E-state index is 11.2. The van der Waals surface area contributed by atoms with Crippen LogP contribution in [-0.4, -0.2) is 9.97 Å². The van der Waals surface area contributed by atoms with Crippen molar-refractivity contribution in [3.63, 3.8) is 0 Å². The number of aromatic nitrogens is 2. The number of nitrogens with zero attached hydrogens (tertiary/aromatic N) is 1. The molecule has 18 heavy (non-hydrogen) atoms. The Morgan fingerprint density at radius 2 is 1.83 bits per heavy atom. The van der Waals surface area contributed by atoms with Crippen LogP contribution in [0.2, 0.25) is 10.0 Å². The van der Waals surface area contributed by atoms with Crippen molar-refractivity contribution < 1.29 is 0 Å². The van der Waals surface area contributed by atoms with Crippen molar-refractivity contribution in [3.8, 4) is 0 Å². The molecule has 1 heterocycles. The first kappa shape index (κ1) is 13.1. The van der Waals surface area contributed by atoms with Gasteiger partial charge in [0.2, 0.25) is 0 Å². The summed E-state index contributed by atoms with van der Waals surface area (Å²) in [6.45, 7) is 0. The van der Waals surface area contributed by atoms with Crippen LogP contribution in [-0.2, 0) is 0 Å². The number of benzene rings is 1. The molecule has 0 aliphatic heterocycles. The van der Waals surface area contributed by atoms with E-state index in [1.165, 1.54) is 12.1 Å². The van der Waals surface area contributed by atoms with Gasteiger partial charge in [-0.2, -0.15) is 0 Å². The summed E-state index contributed by atoms with van der Waals surface area (Å²) in [5.41, 5.74) is 11.4. The summed E-state index contributed by atoms with van der Waals surface area (Å²) in [6.07, 6.45) is 0. The maximum Gasteiger partial charge on any atom is 0.253 e. The van der Waals surface area contributed by atoms with E-state index in [1.54, 1.807) is 6.07 Å². The van der Waals surface area contributed by atoms with Gasteiger partial charge in [0.05, 0.1) is 10.0 Å². The number of halogens is 2. The van der Waals surface area contributed by atoms with Gasteiger partial charge in [-0.25, -0.2) is 4.98 Å². The number of nitrogen functional groups attached to an aromatic ring is 2. The fourth-order valence-corrected chi connectivity index (χ4v) is 2.50. The van der Waals surface area contributed by atoms with Crippen LogP contribution < -0.4 is 17.0 Å². The zero-order valence-electron chi connectivity index (χ0n) is 8.91. The van der Waals surface area contributed by atoms with Gasteiger partial charge in [0.25, 0.3) is 5.56 Å². The zero-order chi connectivity index (χ0) is 13.3. The van der Waals surface area contributed by atoms with Crippen LogP contribution in [0.25, 0.3) is 0 Å². The summed E-state index contributed by atoms with van der Waals surface area (Å²) in [4.78, 5) is 18.4. The van der Waals surface area contributed by atoms with Crippen LogP contribution in [0.3, 0.4) is 0 Å². The number of hydrogen-bond donors (Lipinski definition) is 3. The number of aromatic amines is 1. The van der Waals surface area contributed by atoms with Crippen LogP contribution in [0.15, 0.2) is 33.0 Å². The van der Waals surface area contributed by atoms with Crippen LogP contribution in [0.1, 0.15) is 0 Å². The first-order valence-electron chi connectivity index (χ1n) is 4.75. The molecule has 5 nitrogen and oxygen atoms in total. The minimum atomic E-state index is -0.330. The molecule has 0 spiro atoms. The number of H-pyrrole nitrogens is 1. The lowest BCUT2D eigenvalue weighted by Crippen LogP contribution is -2.09. The van der Waals surface area contributed by atoms with Crippen LogP contribution in [0.5, 0.6) is 0 Å². The minimum Gasteiger partial charge on any atom is -0.398 e. The molecular weight excluding hydrogens is 295 g/mol. The summed E-state index contributed by atoms with van der Waals surface area (Å²) in [6, 6.07) is 4.34. The largest absolute Gasteiger partial charge is 0.398 e. The molecule has 0 bridgehead atoms. The van der Waals surface area contributed by atoms with Crippen molar-refractivity contribution in [2.45, 2.75) is 10.1 Å². The van der Waals surface area contributed by atoms with Crippen molar-refractivity contribution in [1.29, 1.82) is 0 Å². The van der Waals surface area contributed by atoms with Crippen molar-refractivity contribution in [1.82, 2.24) is 9.97 Å². The molecule has 1 aromatic heterocycles. The molecule has 1 aromatic carbocycles. The van der Waals surface area contributed by atoms with Crippen molar-refractivity contribution in [3.05, 3.63) is 38.6 Å². The molecule has 0 atom stereocenters. The summed E-state index contributed by atoms with van der Waals surface area (Å²) in [7, 11) is 0. The lowest BCUT2D eigenvalue weighted by molar-refractivity contribution is 0.945. The SMILES string of the molecule is Nc1cc(=O)[nH]c(Sc2cc(Cl)c(Cl)cc2N)n1. The number of anilines is 2. The topological polar surface area (TPSA) is 97.8 Å². The Kier molecular flexibility index (Phi) is 3.70. The summed E-state index contributed by atoms with van der Waals surface area (Å²) in [5, 5.41) is 1.08. The van der Waals surface area contributed by atoms with E-state index in [-0.39, 0.29) is 11.4 Å². The van der Waals surface area contributed by atoms with Gasteiger partial charge >= 0.3 is 0 Å². The first-order valence-corrected chi connectivity index (χ1v) is 6.32. The molecule has 0 saturated carbocycles. The molecule has 8 heteroatoms. The Balaban J connectivity index is 2.39. The third-order valence-electron chi connectivity index (χ3n) is 2.00. The second kappa shape index (κ2) is 5.09. The van der Waals surface area contributed by atoms with E-state index >= 15 is 0 Å². The average molecular weight is 303 g/mol. The Bertz CT molecular complexity index is 659. The van der Waals surface area contributed by atoms with E-state index in [1.807, 2.05) is 0 Å². The predicted molar refractivity (Wildman–Crippen MR) is 74.3 cm³/mol. The lowest BCUT2D eigenvalue weighted by Gasteiger charge is -2.06. The van der Waals surface area contributed by atoms with Gasteiger partial charge in [-0.15, -0.1) is 0 Å². The molecule has 0 saturated heterocycles. The molecule has 0 amide bonds. The molecule has 94 valence electrons. The molecule has 5 N–H and O–H groups in total. The van der Waals surface area contributed by atoms with E-state index in [0.29, 0.717) is 25.8 Å². The average Bonchev–Trinajstić information content (AvgIpc) is 2.24. The predicted octanol–water partition coefficient (Wildman–Crippen LogP) is 2.39. The standard InChI is InChI=1S/C10H8Cl2N4OS/c11-4-1-6(13)7(2-5(4)12)18-10-15-8(14)3-9(17)16-10/h1-3H,13H2,(H3,14,15,16,17). The van der Waals surface area contributed by atoms with E-state index in [4.69, 9.17) is 34.7 Å². The highest BCUT2D eigenvalue weighted by molar-refractivity contribution is 7.99. The molecule has 2 aromatic rings. The number of nitrogens with two attached hydrogens (primary N) is 2. The van der Waals surface area contributed by atoms with E-state index in [2.05, 4.69) is 9.97 Å². The zero-order valence-corrected chi connectivity index (χ0v) is 11.2.